The molecule has 1 N–H and O–H groups in total. The SMILES string of the molecule is C=C(c1ccccc1)c1cnc(N2CCNCC2)nc1.CC. The fraction of sp³-hybridized carbons (Fsp3) is 0.333. The smallest absolute Gasteiger partial charge is 0.225 e. The topological polar surface area (TPSA) is 41.1 Å². The lowest BCUT2D eigenvalue weighted by molar-refractivity contribution is 0.580. The third kappa shape index (κ3) is 3.92. The van der Waals surface area contributed by atoms with Crippen molar-refractivity contribution in [3.8, 4) is 0 Å². The summed E-state index contributed by atoms with van der Waals surface area (Å²) in [5, 5.41) is 3.32. The Bertz CT molecular complexity index is 572. The van der Waals surface area contributed by atoms with Crippen LogP contribution in [-0.4, -0.2) is 36.1 Å². The Hall–Kier alpha value is -2.20. The number of nitrogens with zero attached hydrogens (tertiary/aromatic N) is 3. The molecule has 22 heavy (non-hydrogen) atoms. The van der Waals surface area contributed by atoms with Crippen molar-refractivity contribution >= 4 is 11.5 Å². The van der Waals surface area contributed by atoms with E-state index in [-0.39, 0.29) is 0 Å². The van der Waals surface area contributed by atoms with Gasteiger partial charge >= 0.3 is 0 Å². The first kappa shape index (κ1) is 16.2. The van der Waals surface area contributed by atoms with Crippen LogP contribution in [0.15, 0.2) is 49.3 Å². The van der Waals surface area contributed by atoms with Gasteiger partial charge in [-0.1, -0.05) is 50.8 Å². The van der Waals surface area contributed by atoms with Gasteiger partial charge in [-0.2, -0.15) is 0 Å². The second-order valence-electron chi connectivity index (χ2n) is 4.85. The maximum absolute atomic E-state index is 4.48. The molecule has 116 valence electrons. The largest absolute Gasteiger partial charge is 0.338 e. The summed E-state index contributed by atoms with van der Waals surface area (Å²) in [6.45, 7) is 12.0. The molecule has 2 aromatic rings. The summed E-state index contributed by atoms with van der Waals surface area (Å²) >= 11 is 0. The standard InChI is InChI=1S/C16H18N4.C2H6/c1-13(14-5-3-2-4-6-14)15-11-18-16(19-12-15)20-9-7-17-8-10-20;1-2/h2-6,11-12,17H,1,7-10H2;1-2H3. The Kier molecular flexibility index (Phi) is 6.10. The van der Waals surface area contributed by atoms with E-state index in [1.54, 1.807) is 0 Å². The van der Waals surface area contributed by atoms with Crippen LogP contribution in [0.2, 0.25) is 0 Å². The molecule has 4 nitrogen and oxygen atoms in total. The molecule has 0 amide bonds. The molecule has 0 saturated carbocycles. The van der Waals surface area contributed by atoms with Gasteiger partial charge in [-0.15, -0.1) is 0 Å². The van der Waals surface area contributed by atoms with Crippen LogP contribution in [-0.2, 0) is 0 Å². The van der Waals surface area contributed by atoms with Gasteiger partial charge < -0.3 is 10.2 Å². The van der Waals surface area contributed by atoms with Crippen molar-refractivity contribution in [2.75, 3.05) is 31.1 Å². The number of rotatable bonds is 3. The molecule has 0 atom stereocenters. The molecule has 0 spiro atoms. The van der Waals surface area contributed by atoms with Crippen LogP contribution in [0.3, 0.4) is 0 Å². The van der Waals surface area contributed by atoms with Gasteiger partial charge in [0.15, 0.2) is 0 Å². The molecule has 0 radical (unpaired) electrons. The number of benzene rings is 1. The third-order valence-corrected chi connectivity index (χ3v) is 3.51. The summed E-state index contributed by atoms with van der Waals surface area (Å²) in [6.07, 6.45) is 3.72. The highest BCUT2D eigenvalue weighted by molar-refractivity contribution is 5.77. The quantitative estimate of drug-likeness (QED) is 0.945. The molecule has 0 aliphatic carbocycles. The van der Waals surface area contributed by atoms with Gasteiger partial charge in [-0.25, -0.2) is 9.97 Å². The van der Waals surface area contributed by atoms with Crippen LogP contribution < -0.4 is 10.2 Å². The average Bonchev–Trinajstić information content (AvgIpc) is 2.64. The van der Waals surface area contributed by atoms with Crippen LogP contribution in [0, 0.1) is 0 Å². The third-order valence-electron chi connectivity index (χ3n) is 3.51. The Labute approximate surface area is 132 Å². The van der Waals surface area contributed by atoms with E-state index >= 15 is 0 Å². The van der Waals surface area contributed by atoms with Crippen LogP contribution in [0.1, 0.15) is 25.0 Å². The zero-order valence-electron chi connectivity index (χ0n) is 13.4. The Morgan fingerprint density at radius 1 is 1.00 bits per heavy atom. The maximum Gasteiger partial charge on any atom is 0.225 e. The predicted molar refractivity (Wildman–Crippen MR) is 93.0 cm³/mol. The minimum absolute atomic E-state index is 0.802. The lowest BCUT2D eigenvalue weighted by atomic mass is 10.0. The number of hydrogen-bond acceptors (Lipinski definition) is 4. The van der Waals surface area contributed by atoms with Crippen molar-refractivity contribution in [1.29, 1.82) is 0 Å². The molecular formula is C18H24N4. The van der Waals surface area contributed by atoms with E-state index in [4.69, 9.17) is 0 Å². The van der Waals surface area contributed by atoms with E-state index in [2.05, 4.69) is 26.8 Å². The minimum Gasteiger partial charge on any atom is -0.338 e. The normalized spacial score (nSPS) is 14.0. The molecule has 1 fully saturated rings. The average molecular weight is 296 g/mol. The minimum atomic E-state index is 0.802. The molecule has 2 heterocycles. The first-order valence-electron chi connectivity index (χ1n) is 7.87. The molecule has 4 heteroatoms. The summed E-state index contributed by atoms with van der Waals surface area (Å²) in [7, 11) is 0. The van der Waals surface area contributed by atoms with E-state index in [0.29, 0.717) is 0 Å². The summed E-state index contributed by atoms with van der Waals surface area (Å²) in [5.74, 6) is 0.802. The Morgan fingerprint density at radius 3 is 2.18 bits per heavy atom. The Morgan fingerprint density at radius 2 is 1.59 bits per heavy atom. The highest BCUT2D eigenvalue weighted by Crippen LogP contribution is 2.20. The highest BCUT2D eigenvalue weighted by Gasteiger charge is 2.13. The zero-order valence-corrected chi connectivity index (χ0v) is 13.4. The van der Waals surface area contributed by atoms with E-state index in [1.807, 2.05) is 56.6 Å². The molecule has 1 saturated heterocycles. The molecule has 0 bridgehead atoms. The van der Waals surface area contributed by atoms with Crippen LogP contribution >= 0.6 is 0 Å². The molecule has 1 aromatic carbocycles. The maximum atomic E-state index is 4.48. The highest BCUT2D eigenvalue weighted by atomic mass is 15.3. The zero-order chi connectivity index (χ0) is 15.8. The second kappa shape index (κ2) is 8.29. The first-order valence-corrected chi connectivity index (χ1v) is 7.87. The summed E-state index contributed by atoms with van der Waals surface area (Å²) < 4.78 is 0. The van der Waals surface area contributed by atoms with Crippen molar-refractivity contribution in [3.63, 3.8) is 0 Å². The fourth-order valence-electron chi connectivity index (χ4n) is 2.31. The number of piperazine rings is 1. The van der Waals surface area contributed by atoms with Crippen molar-refractivity contribution in [3.05, 3.63) is 60.4 Å². The number of aromatic nitrogens is 2. The number of anilines is 1. The van der Waals surface area contributed by atoms with Crippen molar-refractivity contribution in [2.45, 2.75) is 13.8 Å². The lowest BCUT2D eigenvalue weighted by Crippen LogP contribution is -2.44. The van der Waals surface area contributed by atoms with Gasteiger partial charge in [0.1, 0.15) is 0 Å². The summed E-state index contributed by atoms with van der Waals surface area (Å²) in [5.41, 5.74) is 3.03. The number of hydrogen-bond donors (Lipinski definition) is 1. The predicted octanol–water partition coefficient (Wildman–Crippen LogP) is 2.97. The van der Waals surface area contributed by atoms with E-state index in [9.17, 15) is 0 Å². The van der Waals surface area contributed by atoms with Gasteiger partial charge in [0.05, 0.1) is 0 Å². The van der Waals surface area contributed by atoms with Crippen molar-refractivity contribution < 1.29 is 0 Å². The van der Waals surface area contributed by atoms with Gasteiger partial charge in [0.2, 0.25) is 5.95 Å². The molecular weight excluding hydrogens is 272 g/mol. The monoisotopic (exact) mass is 296 g/mol. The molecule has 1 aliphatic rings. The fourth-order valence-corrected chi connectivity index (χ4v) is 2.31. The van der Waals surface area contributed by atoms with Gasteiger partial charge in [-0.3, -0.25) is 0 Å². The van der Waals surface area contributed by atoms with E-state index in [0.717, 1.165) is 48.8 Å². The second-order valence-corrected chi connectivity index (χ2v) is 4.85. The molecule has 0 unspecified atom stereocenters. The molecule has 3 rings (SSSR count). The summed E-state index contributed by atoms with van der Waals surface area (Å²) in [6, 6.07) is 10.1. The van der Waals surface area contributed by atoms with Crippen molar-refractivity contribution in [2.24, 2.45) is 0 Å². The van der Waals surface area contributed by atoms with Gasteiger partial charge in [0, 0.05) is 44.1 Å². The van der Waals surface area contributed by atoms with E-state index in [1.165, 1.54) is 0 Å². The van der Waals surface area contributed by atoms with Gasteiger partial charge in [0.25, 0.3) is 0 Å². The van der Waals surface area contributed by atoms with Gasteiger partial charge in [-0.05, 0) is 11.1 Å². The van der Waals surface area contributed by atoms with Crippen LogP contribution in [0.5, 0.6) is 0 Å². The van der Waals surface area contributed by atoms with Crippen LogP contribution in [0.25, 0.3) is 5.57 Å². The molecule has 1 aliphatic heterocycles. The van der Waals surface area contributed by atoms with Crippen molar-refractivity contribution in [1.82, 2.24) is 15.3 Å². The number of nitrogens with one attached hydrogen (secondary N) is 1. The Balaban J connectivity index is 0.000000847. The molecule has 1 aromatic heterocycles. The first-order chi connectivity index (χ1) is 10.8. The van der Waals surface area contributed by atoms with Crippen LogP contribution in [0.4, 0.5) is 5.95 Å². The van der Waals surface area contributed by atoms with E-state index < -0.39 is 0 Å². The lowest BCUT2D eigenvalue weighted by Gasteiger charge is -2.27. The summed E-state index contributed by atoms with van der Waals surface area (Å²) in [4.78, 5) is 11.2.